The summed E-state index contributed by atoms with van der Waals surface area (Å²) in [5.41, 5.74) is 2.02. The first-order valence-electron chi connectivity index (χ1n) is 11.7. The van der Waals surface area contributed by atoms with Gasteiger partial charge in [-0.05, 0) is 67.4 Å². The first-order valence-corrected chi connectivity index (χ1v) is 13.9. The van der Waals surface area contributed by atoms with E-state index in [-0.39, 0.29) is 17.3 Å². The third kappa shape index (κ3) is 7.03. The van der Waals surface area contributed by atoms with Crippen LogP contribution in [0, 0.1) is 6.92 Å². The summed E-state index contributed by atoms with van der Waals surface area (Å²) in [4.78, 5) is 27.9. The van der Waals surface area contributed by atoms with E-state index in [1.54, 1.807) is 55.5 Å². The van der Waals surface area contributed by atoms with Gasteiger partial charge in [0.15, 0.2) is 0 Å². The van der Waals surface area contributed by atoms with Crippen LogP contribution >= 0.6 is 23.2 Å². The maximum atomic E-state index is 13.8. The van der Waals surface area contributed by atoms with Crippen LogP contribution in [0.4, 0.5) is 5.69 Å². The molecular formula is C27H29Cl2N3O4S. The first kappa shape index (κ1) is 28.5. The van der Waals surface area contributed by atoms with E-state index in [2.05, 4.69) is 5.32 Å². The maximum absolute atomic E-state index is 13.8. The number of hydrogen-bond acceptors (Lipinski definition) is 4. The molecule has 3 rings (SSSR count). The van der Waals surface area contributed by atoms with Crippen LogP contribution in [0.15, 0.2) is 77.7 Å². The molecule has 3 aromatic rings. The molecule has 0 heterocycles. The number of nitrogens with one attached hydrogen (secondary N) is 1. The number of nitrogens with zero attached hydrogens (tertiary/aromatic N) is 2. The summed E-state index contributed by atoms with van der Waals surface area (Å²) in [6.45, 7) is 3.28. The third-order valence-corrected chi connectivity index (χ3v) is 8.19. The van der Waals surface area contributed by atoms with Gasteiger partial charge in [-0.25, -0.2) is 8.42 Å². The van der Waals surface area contributed by atoms with E-state index in [1.807, 2.05) is 6.92 Å². The Kier molecular flexibility index (Phi) is 9.59. The average molecular weight is 563 g/mol. The minimum Gasteiger partial charge on any atom is -0.357 e. The molecule has 0 saturated heterocycles. The van der Waals surface area contributed by atoms with Crippen LogP contribution < -0.4 is 9.62 Å². The van der Waals surface area contributed by atoms with Gasteiger partial charge in [-0.15, -0.1) is 0 Å². The Balaban J connectivity index is 2.04. The van der Waals surface area contributed by atoms with Crippen LogP contribution in [-0.2, 0) is 26.2 Å². The number of rotatable bonds is 10. The molecular weight excluding hydrogens is 533 g/mol. The molecule has 0 saturated carbocycles. The zero-order chi connectivity index (χ0) is 27.2. The van der Waals surface area contributed by atoms with Crippen LogP contribution in [0.1, 0.15) is 24.5 Å². The van der Waals surface area contributed by atoms with E-state index in [0.717, 1.165) is 15.4 Å². The van der Waals surface area contributed by atoms with Crippen molar-refractivity contribution < 1.29 is 18.0 Å². The second-order valence-electron chi connectivity index (χ2n) is 8.49. The molecule has 37 heavy (non-hydrogen) atoms. The van der Waals surface area contributed by atoms with E-state index in [4.69, 9.17) is 23.2 Å². The molecule has 0 aromatic heterocycles. The number of hydrogen-bond donors (Lipinski definition) is 1. The number of anilines is 1. The number of benzene rings is 3. The second kappa shape index (κ2) is 12.4. The Labute approximate surface area is 228 Å². The monoisotopic (exact) mass is 561 g/mol. The van der Waals surface area contributed by atoms with E-state index >= 15 is 0 Å². The Morgan fingerprint density at radius 2 is 1.43 bits per heavy atom. The van der Waals surface area contributed by atoms with Gasteiger partial charge < -0.3 is 10.2 Å². The average Bonchev–Trinajstić information content (AvgIpc) is 2.88. The molecule has 0 aliphatic rings. The highest BCUT2D eigenvalue weighted by atomic mass is 35.5. The Morgan fingerprint density at radius 3 is 1.95 bits per heavy atom. The van der Waals surface area contributed by atoms with Gasteiger partial charge >= 0.3 is 0 Å². The molecule has 196 valence electrons. The van der Waals surface area contributed by atoms with Gasteiger partial charge in [-0.2, -0.15) is 0 Å². The molecule has 3 aromatic carbocycles. The fourth-order valence-electron chi connectivity index (χ4n) is 3.85. The number of amides is 2. The molecule has 0 aliphatic heterocycles. The minimum absolute atomic E-state index is 0.00660. The van der Waals surface area contributed by atoms with Gasteiger partial charge in [0, 0.05) is 23.6 Å². The van der Waals surface area contributed by atoms with Crippen molar-refractivity contribution in [3.63, 3.8) is 0 Å². The van der Waals surface area contributed by atoms with Crippen molar-refractivity contribution in [2.45, 2.75) is 37.8 Å². The van der Waals surface area contributed by atoms with E-state index in [9.17, 15) is 18.0 Å². The van der Waals surface area contributed by atoms with Crippen molar-refractivity contribution >= 4 is 50.7 Å². The van der Waals surface area contributed by atoms with E-state index < -0.39 is 28.5 Å². The number of halogens is 2. The second-order valence-corrected chi connectivity index (χ2v) is 11.2. The highest BCUT2D eigenvalue weighted by Gasteiger charge is 2.33. The number of carbonyl (C=O) groups is 2. The number of carbonyl (C=O) groups excluding carboxylic acids is 2. The van der Waals surface area contributed by atoms with Crippen LogP contribution in [0.5, 0.6) is 0 Å². The summed E-state index contributed by atoms with van der Waals surface area (Å²) in [6.07, 6.45) is 0.341. The third-order valence-electron chi connectivity index (χ3n) is 5.90. The summed E-state index contributed by atoms with van der Waals surface area (Å²) in [7, 11) is -2.64. The predicted molar refractivity (Wildman–Crippen MR) is 147 cm³/mol. The van der Waals surface area contributed by atoms with E-state index in [1.165, 1.54) is 36.2 Å². The Bertz CT molecular complexity index is 1330. The summed E-state index contributed by atoms with van der Waals surface area (Å²) in [5.74, 6) is -0.865. The molecule has 1 N–H and O–H groups in total. The lowest BCUT2D eigenvalue weighted by atomic mass is 10.1. The molecule has 10 heteroatoms. The first-order chi connectivity index (χ1) is 17.6. The summed E-state index contributed by atoms with van der Waals surface area (Å²) in [5, 5.41) is 3.53. The summed E-state index contributed by atoms with van der Waals surface area (Å²) < 4.78 is 28.5. The van der Waals surface area contributed by atoms with Crippen molar-refractivity contribution in [1.82, 2.24) is 10.2 Å². The largest absolute Gasteiger partial charge is 0.357 e. The minimum atomic E-state index is -4.14. The Morgan fingerprint density at radius 1 is 0.892 bits per heavy atom. The quantitative estimate of drug-likeness (QED) is 0.375. The molecule has 2 amide bonds. The van der Waals surface area contributed by atoms with E-state index in [0.29, 0.717) is 22.2 Å². The molecule has 1 atom stereocenters. The lowest BCUT2D eigenvalue weighted by Crippen LogP contribution is -2.51. The van der Waals surface area contributed by atoms with Gasteiger partial charge in [-0.1, -0.05) is 60.0 Å². The zero-order valence-corrected chi connectivity index (χ0v) is 23.1. The summed E-state index contributed by atoms with van der Waals surface area (Å²) >= 11 is 12.0. The van der Waals surface area contributed by atoms with Crippen LogP contribution in [0.3, 0.4) is 0 Å². The Hall–Kier alpha value is -3.07. The van der Waals surface area contributed by atoms with Crippen molar-refractivity contribution in [2.75, 3.05) is 17.9 Å². The lowest BCUT2D eigenvalue weighted by molar-refractivity contribution is -0.140. The highest BCUT2D eigenvalue weighted by molar-refractivity contribution is 7.92. The van der Waals surface area contributed by atoms with Crippen molar-refractivity contribution in [3.8, 4) is 0 Å². The maximum Gasteiger partial charge on any atom is 0.264 e. The van der Waals surface area contributed by atoms with Crippen LogP contribution in [-0.4, -0.2) is 44.8 Å². The molecule has 0 radical (unpaired) electrons. The molecule has 0 fully saturated rings. The smallest absolute Gasteiger partial charge is 0.264 e. The lowest BCUT2D eigenvalue weighted by Gasteiger charge is -2.33. The molecule has 0 aliphatic carbocycles. The number of sulfonamides is 1. The van der Waals surface area contributed by atoms with Crippen molar-refractivity contribution in [3.05, 3.63) is 94.0 Å². The molecule has 0 spiro atoms. The molecule has 7 nitrogen and oxygen atoms in total. The normalized spacial score (nSPS) is 12.0. The van der Waals surface area contributed by atoms with Crippen molar-refractivity contribution in [1.29, 1.82) is 0 Å². The predicted octanol–water partition coefficient (Wildman–Crippen LogP) is 5.05. The fraction of sp³-hybridized carbons (Fsp3) is 0.259. The zero-order valence-electron chi connectivity index (χ0n) is 20.8. The number of likely N-dealkylation sites (N-methyl/N-ethyl adjacent to an activating group) is 1. The standard InChI is InChI=1S/C27H29Cl2N3O4S/c1-4-25(27(34)30-3)31(17-20-7-9-21(28)10-8-20)26(33)18-32(23-13-5-19(2)6-14-23)37(35,36)24-15-11-22(29)12-16-24/h5-16,25H,4,17-18H2,1-3H3,(H,30,34)/t25-/m1/s1. The van der Waals surface area contributed by atoms with Gasteiger partial charge in [-0.3, -0.25) is 13.9 Å². The topological polar surface area (TPSA) is 86.8 Å². The summed E-state index contributed by atoms with van der Waals surface area (Å²) in [6, 6.07) is 18.7. The van der Waals surface area contributed by atoms with Crippen LogP contribution in [0.2, 0.25) is 10.0 Å². The number of aryl methyl sites for hydroxylation is 1. The highest BCUT2D eigenvalue weighted by Crippen LogP contribution is 2.26. The van der Waals surface area contributed by atoms with Gasteiger partial charge in [0.1, 0.15) is 12.6 Å². The van der Waals surface area contributed by atoms with Gasteiger partial charge in [0.25, 0.3) is 10.0 Å². The molecule has 0 bridgehead atoms. The SMILES string of the molecule is CC[C@H](C(=O)NC)N(Cc1ccc(Cl)cc1)C(=O)CN(c1ccc(C)cc1)S(=O)(=O)c1ccc(Cl)cc1. The fourth-order valence-corrected chi connectivity index (χ4v) is 5.51. The van der Waals surface area contributed by atoms with Crippen LogP contribution in [0.25, 0.3) is 0 Å². The van der Waals surface area contributed by atoms with Gasteiger partial charge in [0.05, 0.1) is 10.6 Å². The molecule has 0 unspecified atom stereocenters. The van der Waals surface area contributed by atoms with Crippen molar-refractivity contribution in [2.24, 2.45) is 0 Å². The van der Waals surface area contributed by atoms with Gasteiger partial charge in [0.2, 0.25) is 11.8 Å².